The number of carboxylic acids is 1. The first-order chi connectivity index (χ1) is 8.02. The third kappa shape index (κ3) is 4.26. The van der Waals surface area contributed by atoms with Crippen LogP contribution in [0.15, 0.2) is 24.3 Å². The average molecular weight is 235 g/mol. The van der Waals surface area contributed by atoms with Gasteiger partial charge < -0.3 is 10.4 Å². The number of carboxylic acid groups (broad SMARTS) is 1. The number of aliphatic carboxylic acids is 1. The summed E-state index contributed by atoms with van der Waals surface area (Å²) < 4.78 is 0. The number of rotatable bonds is 5. The lowest BCUT2D eigenvalue weighted by Gasteiger charge is -2.08. The first kappa shape index (κ1) is 13.2. The maximum atomic E-state index is 11.1. The number of amides is 1. The van der Waals surface area contributed by atoms with Crippen LogP contribution in [0.4, 0.5) is 5.69 Å². The van der Waals surface area contributed by atoms with Gasteiger partial charge >= 0.3 is 5.97 Å². The Labute approximate surface area is 101 Å². The number of carbonyl (C=O) groups excluding carboxylic acids is 1. The average Bonchev–Trinajstić information content (AvgIpc) is 2.31. The second-order valence-electron chi connectivity index (χ2n) is 4.04. The zero-order valence-corrected chi connectivity index (χ0v) is 10.1. The Morgan fingerprint density at radius 2 is 1.88 bits per heavy atom. The Hall–Kier alpha value is -1.84. The standard InChI is InChI=1S/C13H17NO3/c1-3-12(15)14-11-6-4-10(5-7-11)8-9(2)13(16)17/h4-7,9H,3,8H2,1-2H3,(H,14,15)(H,16,17). The quantitative estimate of drug-likeness (QED) is 0.822. The number of hydrogen-bond acceptors (Lipinski definition) is 2. The van der Waals surface area contributed by atoms with E-state index in [1.165, 1.54) is 0 Å². The maximum absolute atomic E-state index is 11.1. The van der Waals surface area contributed by atoms with E-state index >= 15 is 0 Å². The molecule has 2 N–H and O–H groups in total. The van der Waals surface area contributed by atoms with Crippen molar-refractivity contribution in [3.05, 3.63) is 29.8 Å². The van der Waals surface area contributed by atoms with Crippen molar-refractivity contribution in [2.75, 3.05) is 5.32 Å². The maximum Gasteiger partial charge on any atom is 0.306 e. The highest BCUT2D eigenvalue weighted by Gasteiger charge is 2.11. The zero-order chi connectivity index (χ0) is 12.8. The largest absolute Gasteiger partial charge is 0.481 e. The summed E-state index contributed by atoms with van der Waals surface area (Å²) in [5.74, 6) is -1.23. The van der Waals surface area contributed by atoms with Crippen LogP contribution >= 0.6 is 0 Å². The highest BCUT2D eigenvalue weighted by Crippen LogP contribution is 2.13. The molecule has 0 aliphatic heterocycles. The molecule has 1 aromatic carbocycles. The lowest BCUT2D eigenvalue weighted by atomic mass is 10.0. The topological polar surface area (TPSA) is 66.4 Å². The zero-order valence-electron chi connectivity index (χ0n) is 10.1. The van der Waals surface area contributed by atoms with E-state index in [2.05, 4.69) is 5.32 Å². The van der Waals surface area contributed by atoms with Crippen LogP contribution in [0.25, 0.3) is 0 Å². The molecule has 0 aliphatic carbocycles. The summed E-state index contributed by atoms with van der Waals surface area (Å²) in [7, 11) is 0. The molecule has 92 valence electrons. The highest BCUT2D eigenvalue weighted by molar-refractivity contribution is 5.90. The fraction of sp³-hybridized carbons (Fsp3) is 0.385. The smallest absolute Gasteiger partial charge is 0.306 e. The molecule has 0 radical (unpaired) electrons. The van der Waals surface area contributed by atoms with Gasteiger partial charge in [0, 0.05) is 12.1 Å². The first-order valence-corrected chi connectivity index (χ1v) is 5.64. The van der Waals surface area contributed by atoms with Crippen molar-refractivity contribution in [3.8, 4) is 0 Å². The van der Waals surface area contributed by atoms with Crippen LogP contribution in [0.2, 0.25) is 0 Å². The lowest BCUT2D eigenvalue weighted by Crippen LogP contribution is -2.12. The van der Waals surface area contributed by atoms with E-state index < -0.39 is 11.9 Å². The molecule has 0 heterocycles. The van der Waals surface area contributed by atoms with Crippen LogP contribution in [0.5, 0.6) is 0 Å². The van der Waals surface area contributed by atoms with Crippen LogP contribution in [0, 0.1) is 5.92 Å². The Balaban J connectivity index is 2.62. The van der Waals surface area contributed by atoms with E-state index in [9.17, 15) is 9.59 Å². The van der Waals surface area contributed by atoms with Crippen molar-refractivity contribution < 1.29 is 14.7 Å². The van der Waals surface area contributed by atoms with E-state index in [0.717, 1.165) is 11.3 Å². The van der Waals surface area contributed by atoms with Gasteiger partial charge in [0.25, 0.3) is 0 Å². The summed E-state index contributed by atoms with van der Waals surface area (Å²) in [5, 5.41) is 11.5. The monoisotopic (exact) mass is 235 g/mol. The third-order valence-corrected chi connectivity index (χ3v) is 2.52. The van der Waals surface area contributed by atoms with Crippen LogP contribution in [-0.4, -0.2) is 17.0 Å². The van der Waals surface area contributed by atoms with Gasteiger partial charge in [0.15, 0.2) is 0 Å². The molecular formula is C13H17NO3. The molecule has 0 aromatic heterocycles. The molecule has 1 unspecified atom stereocenters. The van der Waals surface area contributed by atoms with E-state index in [-0.39, 0.29) is 5.91 Å². The van der Waals surface area contributed by atoms with Gasteiger partial charge in [-0.05, 0) is 24.1 Å². The second-order valence-corrected chi connectivity index (χ2v) is 4.04. The summed E-state index contributed by atoms with van der Waals surface area (Å²) in [6, 6.07) is 7.25. The van der Waals surface area contributed by atoms with Crippen molar-refractivity contribution in [2.24, 2.45) is 5.92 Å². The van der Waals surface area contributed by atoms with Gasteiger partial charge in [-0.25, -0.2) is 0 Å². The molecule has 0 aliphatic rings. The van der Waals surface area contributed by atoms with E-state index in [0.29, 0.717) is 12.8 Å². The molecular weight excluding hydrogens is 218 g/mol. The lowest BCUT2D eigenvalue weighted by molar-refractivity contribution is -0.141. The van der Waals surface area contributed by atoms with Crippen LogP contribution < -0.4 is 5.32 Å². The van der Waals surface area contributed by atoms with E-state index in [4.69, 9.17) is 5.11 Å². The van der Waals surface area contributed by atoms with Crippen molar-refractivity contribution in [1.29, 1.82) is 0 Å². The Morgan fingerprint density at radius 1 is 1.29 bits per heavy atom. The van der Waals surface area contributed by atoms with Crippen molar-refractivity contribution >= 4 is 17.6 Å². The number of carbonyl (C=O) groups is 2. The van der Waals surface area contributed by atoms with Crippen molar-refractivity contribution in [3.63, 3.8) is 0 Å². The molecule has 0 fully saturated rings. The van der Waals surface area contributed by atoms with Gasteiger partial charge in [-0.3, -0.25) is 9.59 Å². The van der Waals surface area contributed by atoms with Crippen LogP contribution in [-0.2, 0) is 16.0 Å². The Bertz CT molecular complexity index is 398. The minimum Gasteiger partial charge on any atom is -0.481 e. The number of benzene rings is 1. The van der Waals surface area contributed by atoms with Gasteiger partial charge in [0.1, 0.15) is 0 Å². The Morgan fingerprint density at radius 3 is 2.35 bits per heavy atom. The molecule has 17 heavy (non-hydrogen) atoms. The molecule has 1 aromatic rings. The van der Waals surface area contributed by atoms with Gasteiger partial charge in [0.2, 0.25) is 5.91 Å². The molecule has 0 saturated heterocycles. The number of hydrogen-bond donors (Lipinski definition) is 2. The number of anilines is 1. The van der Waals surface area contributed by atoms with Crippen LogP contribution in [0.3, 0.4) is 0 Å². The second kappa shape index (κ2) is 6.03. The van der Waals surface area contributed by atoms with E-state index in [1.807, 2.05) is 12.1 Å². The minimum atomic E-state index is -0.798. The summed E-state index contributed by atoms with van der Waals surface area (Å²) in [6.07, 6.45) is 0.940. The molecule has 0 bridgehead atoms. The summed E-state index contributed by atoms with van der Waals surface area (Å²) in [5.41, 5.74) is 1.69. The summed E-state index contributed by atoms with van der Waals surface area (Å²) >= 11 is 0. The van der Waals surface area contributed by atoms with Gasteiger partial charge in [-0.2, -0.15) is 0 Å². The van der Waals surface area contributed by atoms with E-state index in [1.54, 1.807) is 26.0 Å². The van der Waals surface area contributed by atoms with Crippen molar-refractivity contribution in [1.82, 2.24) is 0 Å². The predicted molar refractivity (Wildman–Crippen MR) is 65.9 cm³/mol. The van der Waals surface area contributed by atoms with Gasteiger partial charge in [0.05, 0.1) is 5.92 Å². The van der Waals surface area contributed by atoms with Crippen molar-refractivity contribution in [2.45, 2.75) is 26.7 Å². The summed E-state index contributed by atoms with van der Waals surface area (Å²) in [6.45, 7) is 3.47. The first-order valence-electron chi connectivity index (χ1n) is 5.64. The molecule has 1 atom stereocenters. The molecule has 1 amide bonds. The highest BCUT2D eigenvalue weighted by atomic mass is 16.4. The van der Waals surface area contributed by atoms with Gasteiger partial charge in [-0.1, -0.05) is 26.0 Å². The number of nitrogens with one attached hydrogen (secondary N) is 1. The molecule has 1 rings (SSSR count). The SMILES string of the molecule is CCC(=O)Nc1ccc(CC(C)C(=O)O)cc1. The normalized spacial score (nSPS) is 11.9. The fourth-order valence-corrected chi connectivity index (χ4v) is 1.41. The van der Waals surface area contributed by atoms with Crippen LogP contribution in [0.1, 0.15) is 25.8 Å². The minimum absolute atomic E-state index is 0.0309. The molecule has 4 heteroatoms. The summed E-state index contributed by atoms with van der Waals surface area (Å²) in [4.78, 5) is 21.8. The molecule has 4 nitrogen and oxygen atoms in total. The van der Waals surface area contributed by atoms with Gasteiger partial charge in [-0.15, -0.1) is 0 Å². The Kier molecular flexibility index (Phi) is 4.69. The predicted octanol–water partition coefficient (Wildman–Crippen LogP) is 2.30. The fourth-order valence-electron chi connectivity index (χ4n) is 1.41. The third-order valence-electron chi connectivity index (χ3n) is 2.52. The molecule has 0 spiro atoms. The molecule has 0 saturated carbocycles.